The normalized spacial score (nSPS) is 16.3. The number of likely N-dealkylation sites (N-methyl/N-ethyl adjacent to an activating group) is 1. The first-order valence-electron chi connectivity index (χ1n) is 6.65. The van der Waals surface area contributed by atoms with E-state index >= 15 is 0 Å². The molecule has 1 saturated carbocycles. The van der Waals surface area contributed by atoms with Crippen molar-refractivity contribution in [2.75, 3.05) is 13.6 Å². The van der Waals surface area contributed by atoms with Crippen LogP contribution in [0.15, 0.2) is 24.3 Å². The van der Waals surface area contributed by atoms with Crippen molar-refractivity contribution in [1.29, 1.82) is 0 Å². The molecule has 1 aliphatic carbocycles. The van der Waals surface area contributed by atoms with Gasteiger partial charge in [0.15, 0.2) is 0 Å². The summed E-state index contributed by atoms with van der Waals surface area (Å²) in [5.41, 5.74) is 0.222. The van der Waals surface area contributed by atoms with Crippen molar-refractivity contribution in [3.8, 4) is 0 Å². The molecule has 0 aromatic heterocycles. The van der Waals surface area contributed by atoms with Gasteiger partial charge in [-0.05, 0) is 37.0 Å². The number of amides is 1. The third-order valence-corrected chi connectivity index (χ3v) is 3.92. The van der Waals surface area contributed by atoms with Crippen LogP contribution in [0.5, 0.6) is 0 Å². The summed E-state index contributed by atoms with van der Waals surface area (Å²) in [5, 5.41) is 8.77. The van der Waals surface area contributed by atoms with Crippen LogP contribution in [0.3, 0.4) is 0 Å². The molecular formula is C15H18FNO3. The fourth-order valence-corrected chi connectivity index (χ4v) is 2.79. The fourth-order valence-electron chi connectivity index (χ4n) is 2.79. The predicted octanol–water partition coefficient (Wildman–Crippen LogP) is 2.08. The van der Waals surface area contributed by atoms with Crippen LogP contribution in [-0.2, 0) is 16.0 Å². The largest absolute Gasteiger partial charge is 0.480 e. The highest BCUT2D eigenvalue weighted by atomic mass is 19.1. The van der Waals surface area contributed by atoms with Gasteiger partial charge in [-0.1, -0.05) is 18.6 Å². The SMILES string of the molecule is CN(CC(=O)O)C(=O)C1(Cc2cccc(F)c2)CCC1. The van der Waals surface area contributed by atoms with E-state index in [0.717, 1.165) is 24.8 Å². The average Bonchev–Trinajstić information content (AvgIpc) is 2.32. The van der Waals surface area contributed by atoms with Gasteiger partial charge in [0.25, 0.3) is 0 Å². The summed E-state index contributed by atoms with van der Waals surface area (Å²) >= 11 is 0. The summed E-state index contributed by atoms with van der Waals surface area (Å²) in [5.74, 6) is -1.50. The van der Waals surface area contributed by atoms with Crippen LogP contribution < -0.4 is 0 Å². The van der Waals surface area contributed by atoms with E-state index in [9.17, 15) is 14.0 Å². The van der Waals surface area contributed by atoms with Crippen molar-refractivity contribution in [2.24, 2.45) is 5.41 Å². The lowest BCUT2D eigenvalue weighted by Gasteiger charge is -2.42. The standard InChI is InChI=1S/C15H18FNO3/c1-17(10-13(18)19)14(20)15(6-3-7-15)9-11-4-2-5-12(16)8-11/h2,4-5,8H,3,6-7,9-10H2,1H3,(H,18,19). The van der Waals surface area contributed by atoms with Gasteiger partial charge in [0.1, 0.15) is 12.4 Å². The molecule has 1 aliphatic rings. The number of hydrogen-bond donors (Lipinski definition) is 1. The highest BCUT2D eigenvalue weighted by molar-refractivity contribution is 5.86. The van der Waals surface area contributed by atoms with Gasteiger partial charge in [-0.25, -0.2) is 4.39 Å². The summed E-state index contributed by atoms with van der Waals surface area (Å²) in [7, 11) is 1.50. The molecule has 1 N–H and O–H groups in total. The zero-order valence-electron chi connectivity index (χ0n) is 11.4. The number of rotatable bonds is 5. The average molecular weight is 279 g/mol. The first-order chi connectivity index (χ1) is 9.43. The van der Waals surface area contributed by atoms with Gasteiger partial charge in [-0.3, -0.25) is 9.59 Å². The molecule has 1 aromatic rings. The second kappa shape index (κ2) is 5.61. The van der Waals surface area contributed by atoms with Gasteiger partial charge in [0.2, 0.25) is 5.91 Å². The van der Waals surface area contributed by atoms with Crippen LogP contribution in [0, 0.1) is 11.2 Å². The molecule has 2 rings (SSSR count). The molecule has 0 unspecified atom stereocenters. The number of carbonyl (C=O) groups excluding carboxylic acids is 1. The Bertz CT molecular complexity index is 526. The molecule has 1 aromatic carbocycles. The molecule has 4 nitrogen and oxygen atoms in total. The zero-order chi connectivity index (χ0) is 14.8. The zero-order valence-corrected chi connectivity index (χ0v) is 11.4. The quantitative estimate of drug-likeness (QED) is 0.897. The minimum Gasteiger partial charge on any atom is -0.480 e. The maximum absolute atomic E-state index is 13.2. The molecule has 0 heterocycles. The lowest BCUT2D eigenvalue weighted by molar-refractivity contribution is -0.152. The Kier molecular flexibility index (Phi) is 4.06. The van der Waals surface area contributed by atoms with Gasteiger partial charge in [-0.15, -0.1) is 0 Å². The van der Waals surface area contributed by atoms with Gasteiger partial charge >= 0.3 is 5.97 Å². The van der Waals surface area contributed by atoms with Crippen molar-refractivity contribution in [1.82, 2.24) is 4.90 Å². The summed E-state index contributed by atoms with van der Waals surface area (Å²) in [6.45, 7) is -0.302. The van der Waals surface area contributed by atoms with Crippen LogP contribution in [0.4, 0.5) is 4.39 Å². The van der Waals surface area contributed by atoms with Gasteiger partial charge < -0.3 is 10.0 Å². The molecule has 0 aliphatic heterocycles. The van der Waals surface area contributed by atoms with Crippen molar-refractivity contribution in [2.45, 2.75) is 25.7 Å². The summed E-state index contributed by atoms with van der Waals surface area (Å²) in [6.07, 6.45) is 2.87. The second-order valence-corrected chi connectivity index (χ2v) is 5.50. The van der Waals surface area contributed by atoms with E-state index in [-0.39, 0.29) is 18.3 Å². The number of carboxylic acids is 1. The topological polar surface area (TPSA) is 57.6 Å². The molecule has 0 atom stereocenters. The van der Waals surface area contributed by atoms with E-state index in [1.807, 2.05) is 0 Å². The smallest absolute Gasteiger partial charge is 0.323 e. The van der Waals surface area contributed by atoms with Crippen LogP contribution in [-0.4, -0.2) is 35.5 Å². The minimum atomic E-state index is -1.03. The maximum Gasteiger partial charge on any atom is 0.323 e. The monoisotopic (exact) mass is 279 g/mol. The Hall–Kier alpha value is -1.91. The number of aliphatic carboxylic acids is 1. The van der Waals surface area contributed by atoms with Crippen molar-refractivity contribution in [3.05, 3.63) is 35.6 Å². The number of halogens is 1. The van der Waals surface area contributed by atoms with Crippen LogP contribution in [0.25, 0.3) is 0 Å². The lowest BCUT2D eigenvalue weighted by Crippen LogP contribution is -2.49. The molecule has 1 fully saturated rings. The lowest BCUT2D eigenvalue weighted by atomic mass is 9.64. The van der Waals surface area contributed by atoms with E-state index in [0.29, 0.717) is 6.42 Å². The van der Waals surface area contributed by atoms with Crippen LogP contribution in [0.2, 0.25) is 0 Å². The molecule has 0 spiro atoms. The first kappa shape index (κ1) is 14.5. The van der Waals surface area contributed by atoms with Gasteiger partial charge in [0.05, 0.1) is 5.41 Å². The third-order valence-electron chi connectivity index (χ3n) is 3.92. The number of carbonyl (C=O) groups is 2. The highest BCUT2D eigenvalue weighted by Crippen LogP contribution is 2.45. The Morgan fingerprint density at radius 3 is 2.60 bits per heavy atom. The van der Waals surface area contributed by atoms with Crippen LogP contribution >= 0.6 is 0 Å². The first-order valence-corrected chi connectivity index (χ1v) is 6.65. The Morgan fingerprint density at radius 1 is 1.40 bits per heavy atom. The highest BCUT2D eigenvalue weighted by Gasteiger charge is 2.45. The summed E-state index contributed by atoms with van der Waals surface area (Å²) in [6, 6.07) is 6.23. The van der Waals surface area contributed by atoms with E-state index in [1.165, 1.54) is 24.1 Å². The molecule has 0 bridgehead atoms. The fraction of sp³-hybridized carbons (Fsp3) is 0.467. The van der Waals surface area contributed by atoms with Crippen molar-refractivity contribution >= 4 is 11.9 Å². The molecule has 0 radical (unpaired) electrons. The number of benzene rings is 1. The maximum atomic E-state index is 13.2. The summed E-state index contributed by atoms with van der Waals surface area (Å²) in [4.78, 5) is 24.4. The van der Waals surface area contributed by atoms with Crippen molar-refractivity contribution < 1.29 is 19.1 Å². The van der Waals surface area contributed by atoms with Crippen molar-refractivity contribution in [3.63, 3.8) is 0 Å². The van der Waals surface area contributed by atoms with Gasteiger partial charge in [0, 0.05) is 7.05 Å². The van der Waals surface area contributed by atoms with E-state index in [2.05, 4.69) is 0 Å². The molecule has 20 heavy (non-hydrogen) atoms. The molecule has 0 saturated heterocycles. The Labute approximate surface area is 117 Å². The summed E-state index contributed by atoms with van der Waals surface area (Å²) < 4.78 is 13.2. The Balaban J connectivity index is 2.13. The molecule has 5 heteroatoms. The van der Waals surface area contributed by atoms with E-state index in [1.54, 1.807) is 12.1 Å². The molecule has 1 amide bonds. The van der Waals surface area contributed by atoms with E-state index in [4.69, 9.17) is 5.11 Å². The van der Waals surface area contributed by atoms with E-state index < -0.39 is 11.4 Å². The number of hydrogen-bond acceptors (Lipinski definition) is 2. The predicted molar refractivity (Wildman–Crippen MR) is 71.7 cm³/mol. The van der Waals surface area contributed by atoms with Gasteiger partial charge in [-0.2, -0.15) is 0 Å². The number of carboxylic acid groups (broad SMARTS) is 1. The minimum absolute atomic E-state index is 0.157. The number of nitrogens with zero attached hydrogens (tertiary/aromatic N) is 1. The van der Waals surface area contributed by atoms with Crippen LogP contribution in [0.1, 0.15) is 24.8 Å². The molecule has 108 valence electrons. The third kappa shape index (κ3) is 2.98. The Morgan fingerprint density at radius 2 is 2.10 bits per heavy atom. The second-order valence-electron chi connectivity index (χ2n) is 5.50. The molecular weight excluding hydrogens is 261 g/mol.